The second-order valence-corrected chi connectivity index (χ2v) is 7.10. The van der Waals surface area contributed by atoms with Gasteiger partial charge in [0, 0.05) is 33.0 Å². The summed E-state index contributed by atoms with van der Waals surface area (Å²) in [7, 11) is 0. The van der Waals surface area contributed by atoms with Gasteiger partial charge in [-0.05, 0) is 31.4 Å². The monoisotopic (exact) mass is 307 g/mol. The number of hydrogen-bond acceptors (Lipinski definition) is 4. The number of carbonyl (C=O) groups excluding carboxylic acids is 2. The lowest BCUT2D eigenvalue weighted by Gasteiger charge is -2.03. The summed E-state index contributed by atoms with van der Waals surface area (Å²) < 4.78 is 0. The first kappa shape index (κ1) is 14.9. The summed E-state index contributed by atoms with van der Waals surface area (Å²) in [5.74, 6) is -0.0190. The number of nitrogens with one attached hydrogen (secondary N) is 1. The number of ketones is 1. The molecule has 3 nitrogen and oxygen atoms in total. The molecule has 0 radical (unpaired) electrons. The van der Waals surface area contributed by atoms with Gasteiger partial charge in [0.2, 0.25) is 5.91 Å². The van der Waals surface area contributed by atoms with Crippen molar-refractivity contribution in [2.75, 3.05) is 0 Å². The summed E-state index contributed by atoms with van der Waals surface area (Å²) in [4.78, 5) is 27.0. The van der Waals surface area contributed by atoms with Crippen LogP contribution >= 0.6 is 22.7 Å². The normalized spacial score (nSPS) is 10.5. The van der Waals surface area contributed by atoms with Crippen LogP contribution in [0, 0.1) is 13.8 Å². The van der Waals surface area contributed by atoms with Gasteiger partial charge >= 0.3 is 0 Å². The molecule has 0 aliphatic carbocycles. The highest BCUT2D eigenvalue weighted by atomic mass is 32.1. The third-order valence-corrected chi connectivity index (χ3v) is 4.80. The Balaban J connectivity index is 1.78. The predicted octanol–water partition coefficient (Wildman–Crippen LogP) is 3.71. The van der Waals surface area contributed by atoms with E-state index in [4.69, 9.17) is 0 Å². The van der Waals surface area contributed by atoms with Crippen molar-refractivity contribution in [2.24, 2.45) is 0 Å². The van der Waals surface area contributed by atoms with Crippen LogP contribution in [-0.4, -0.2) is 11.7 Å². The molecule has 0 aliphatic heterocycles. The average Bonchev–Trinajstić information content (AvgIpc) is 3.03. The van der Waals surface area contributed by atoms with E-state index < -0.39 is 0 Å². The molecule has 0 spiro atoms. The maximum atomic E-state index is 12.0. The van der Waals surface area contributed by atoms with E-state index in [1.165, 1.54) is 0 Å². The quantitative estimate of drug-likeness (QED) is 0.827. The lowest BCUT2D eigenvalue weighted by molar-refractivity contribution is -0.121. The van der Waals surface area contributed by atoms with Gasteiger partial charge in [0.25, 0.3) is 0 Å². The summed E-state index contributed by atoms with van der Waals surface area (Å²) in [6.07, 6.45) is 0.520. The van der Waals surface area contributed by atoms with Crippen molar-refractivity contribution >= 4 is 34.4 Å². The van der Waals surface area contributed by atoms with Crippen molar-refractivity contribution in [1.29, 1.82) is 0 Å². The molecule has 0 aliphatic rings. The Morgan fingerprint density at radius 1 is 1.25 bits per heavy atom. The van der Waals surface area contributed by atoms with Gasteiger partial charge in [-0.1, -0.05) is 6.07 Å². The Kier molecular flexibility index (Phi) is 5.09. The second-order valence-electron chi connectivity index (χ2n) is 4.61. The molecule has 0 unspecified atom stereocenters. The number of hydrogen-bond donors (Lipinski definition) is 1. The summed E-state index contributed by atoms with van der Waals surface area (Å²) >= 11 is 3.23. The number of rotatable bonds is 6. The molecular formula is C15H17NO2S2. The van der Waals surface area contributed by atoms with Crippen molar-refractivity contribution in [3.8, 4) is 0 Å². The van der Waals surface area contributed by atoms with Gasteiger partial charge in [-0.2, -0.15) is 0 Å². The maximum absolute atomic E-state index is 12.0. The highest BCUT2D eigenvalue weighted by Gasteiger charge is 2.13. The second kappa shape index (κ2) is 6.81. The smallest absolute Gasteiger partial charge is 0.220 e. The van der Waals surface area contributed by atoms with Crippen molar-refractivity contribution in [2.45, 2.75) is 33.2 Å². The fourth-order valence-electron chi connectivity index (χ4n) is 1.96. The summed E-state index contributed by atoms with van der Waals surface area (Å²) in [5.41, 5.74) is 0.763. The van der Waals surface area contributed by atoms with Crippen LogP contribution in [0.15, 0.2) is 23.6 Å². The van der Waals surface area contributed by atoms with Gasteiger partial charge in [-0.25, -0.2) is 0 Å². The first-order chi connectivity index (χ1) is 9.56. The Bertz CT molecular complexity index is 599. The van der Waals surface area contributed by atoms with Crippen LogP contribution in [0.3, 0.4) is 0 Å². The molecule has 1 N–H and O–H groups in total. The van der Waals surface area contributed by atoms with Crippen molar-refractivity contribution in [3.63, 3.8) is 0 Å². The van der Waals surface area contributed by atoms with Crippen LogP contribution in [-0.2, 0) is 11.3 Å². The minimum Gasteiger partial charge on any atom is -0.351 e. The fraction of sp³-hybridized carbons (Fsp3) is 0.333. The van der Waals surface area contributed by atoms with E-state index in [2.05, 4.69) is 5.32 Å². The zero-order chi connectivity index (χ0) is 14.5. The largest absolute Gasteiger partial charge is 0.351 e. The molecule has 0 saturated heterocycles. The van der Waals surface area contributed by atoms with E-state index in [1.54, 1.807) is 22.7 Å². The molecule has 5 heteroatoms. The Labute approximate surface area is 126 Å². The molecule has 2 heterocycles. The summed E-state index contributed by atoms with van der Waals surface area (Å²) in [6.45, 7) is 4.48. The van der Waals surface area contributed by atoms with Gasteiger partial charge in [-0.3, -0.25) is 9.59 Å². The molecule has 2 aromatic rings. The third-order valence-electron chi connectivity index (χ3n) is 2.96. The van der Waals surface area contributed by atoms with Gasteiger partial charge in [0.15, 0.2) is 5.78 Å². The first-order valence-corrected chi connectivity index (χ1v) is 8.15. The first-order valence-electron chi connectivity index (χ1n) is 6.45. The van der Waals surface area contributed by atoms with Gasteiger partial charge in [0.05, 0.1) is 6.54 Å². The van der Waals surface area contributed by atoms with E-state index in [1.807, 2.05) is 37.4 Å². The van der Waals surface area contributed by atoms with E-state index in [9.17, 15) is 9.59 Å². The lowest BCUT2D eigenvalue weighted by Crippen LogP contribution is -2.22. The molecule has 0 fully saturated rings. The zero-order valence-corrected chi connectivity index (χ0v) is 13.2. The van der Waals surface area contributed by atoms with Crippen molar-refractivity contribution in [1.82, 2.24) is 5.32 Å². The van der Waals surface area contributed by atoms with Crippen LogP contribution in [0.4, 0.5) is 0 Å². The van der Waals surface area contributed by atoms with Crippen LogP contribution in [0.2, 0.25) is 0 Å². The van der Waals surface area contributed by atoms with Crippen LogP contribution in [0.25, 0.3) is 0 Å². The third kappa shape index (κ3) is 4.02. The maximum Gasteiger partial charge on any atom is 0.220 e. The van der Waals surface area contributed by atoms with E-state index >= 15 is 0 Å². The van der Waals surface area contributed by atoms with E-state index in [0.29, 0.717) is 6.54 Å². The number of thiophene rings is 2. The summed E-state index contributed by atoms with van der Waals surface area (Å²) in [5, 5.41) is 4.81. The van der Waals surface area contributed by atoms with Crippen molar-refractivity contribution < 1.29 is 9.59 Å². The van der Waals surface area contributed by atoms with Gasteiger partial charge < -0.3 is 5.32 Å². The van der Waals surface area contributed by atoms with Crippen LogP contribution in [0.5, 0.6) is 0 Å². The van der Waals surface area contributed by atoms with Crippen LogP contribution in [0.1, 0.15) is 37.8 Å². The lowest BCUT2D eigenvalue weighted by atomic mass is 10.1. The number of aryl methyl sites for hydroxylation is 2. The molecule has 20 heavy (non-hydrogen) atoms. The minimum absolute atomic E-state index is 0.0538. The Morgan fingerprint density at radius 3 is 2.65 bits per heavy atom. The molecule has 0 aromatic carbocycles. The topological polar surface area (TPSA) is 46.2 Å². The zero-order valence-electron chi connectivity index (χ0n) is 11.6. The SMILES string of the molecule is Cc1cc(C(=O)CCC(=O)NCc2cccs2)c(C)s1. The summed E-state index contributed by atoms with van der Waals surface area (Å²) in [6, 6.07) is 5.84. The molecular weight excluding hydrogens is 290 g/mol. The molecule has 0 bridgehead atoms. The average molecular weight is 307 g/mol. The molecule has 2 aromatic heterocycles. The molecule has 0 atom stereocenters. The molecule has 2 rings (SSSR count). The molecule has 0 saturated carbocycles. The van der Waals surface area contributed by atoms with E-state index in [0.717, 1.165) is 20.2 Å². The standard InChI is InChI=1S/C15H17NO2S2/c1-10-8-13(11(2)20-10)14(17)5-6-15(18)16-9-12-4-3-7-19-12/h3-4,7-8H,5-6,9H2,1-2H3,(H,16,18). The number of carbonyl (C=O) groups is 2. The molecule has 1 amide bonds. The van der Waals surface area contributed by atoms with E-state index in [-0.39, 0.29) is 24.5 Å². The Hall–Kier alpha value is -1.46. The number of Topliss-reactive ketones (excluding diaryl/α,β-unsaturated/α-hetero) is 1. The van der Waals surface area contributed by atoms with Crippen molar-refractivity contribution in [3.05, 3.63) is 43.8 Å². The highest BCUT2D eigenvalue weighted by Crippen LogP contribution is 2.22. The van der Waals surface area contributed by atoms with Gasteiger partial charge in [-0.15, -0.1) is 22.7 Å². The van der Waals surface area contributed by atoms with Gasteiger partial charge in [0.1, 0.15) is 0 Å². The predicted molar refractivity (Wildman–Crippen MR) is 83.5 cm³/mol. The minimum atomic E-state index is -0.0728. The molecule has 106 valence electrons. The Morgan fingerprint density at radius 2 is 2.05 bits per heavy atom. The van der Waals surface area contributed by atoms with Crippen LogP contribution < -0.4 is 5.32 Å². The highest BCUT2D eigenvalue weighted by molar-refractivity contribution is 7.12. The number of amides is 1. The fourth-order valence-corrected chi connectivity index (χ4v) is 3.54.